The summed E-state index contributed by atoms with van der Waals surface area (Å²) in [5.74, 6) is 0.607. The van der Waals surface area contributed by atoms with Gasteiger partial charge in [-0.3, -0.25) is 0 Å². The molecule has 3 heterocycles. The molecular weight excluding hydrogens is 358 g/mol. The molecule has 0 fully saturated rings. The number of hydrogen-bond acceptors (Lipinski definition) is 6. The zero-order valence-electron chi connectivity index (χ0n) is 13.9. The molecule has 5 nitrogen and oxygen atoms in total. The predicted molar refractivity (Wildman–Crippen MR) is 106 cm³/mol. The number of fused-ring (bicyclic) bond motifs is 3. The van der Waals surface area contributed by atoms with Gasteiger partial charge in [0, 0.05) is 16.5 Å². The Morgan fingerprint density at radius 1 is 0.778 bits per heavy atom. The monoisotopic (exact) mass is 369 g/mol. The molecule has 0 unspecified atom stereocenters. The second-order valence-corrected chi connectivity index (χ2v) is 7.30. The smallest absolute Gasteiger partial charge is 0.227 e. The number of hydrogen-bond donors (Lipinski definition) is 0. The first kappa shape index (κ1) is 14.6. The van der Waals surface area contributed by atoms with Gasteiger partial charge in [-0.25, -0.2) is 9.97 Å². The van der Waals surface area contributed by atoms with Crippen LogP contribution in [0.5, 0.6) is 0 Å². The summed E-state index contributed by atoms with van der Waals surface area (Å²) in [6.45, 7) is 0. The van der Waals surface area contributed by atoms with E-state index < -0.39 is 0 Å². The molecule has 6 heteroatoms. The van der Waals surface area contributed by atoms with Crippen molar-refractivity contribution < 1.29 is 8.94 Å². The van der Waals surface area contributed by atoms with Crippen molar-refractivity contribution in [3.05, 3.63) is 66.9 Å². The van der Waals surface area contributed by atoms with Crippen LogP contribution < -0.4 is 0 Å². The van der Waals surface area contributed by atoms with Crippen LogP contribution in [0.15, 0.2) is 75.8 Å². The number of aromatic nitrogens is 3. The maximum absolute atomic E-state index is 5.88. The van der Waals surface area contributed by atoms with Crippen LogP contribution in [0.25, 0.3) is 54.3 Å². The van der Waals surface area contributed by atoms with Crippen molar-refractivity contribution in [1.29, 1.82) is 0 Å². The molecule has 3 aromatic heterocycles. The number of nitrogens with zero attached hydrogens (tertiary/aromatic N) is 3. The van der Waals surface area contributed by atoms with Crippen molar-refractivity contribution in [2.75, 3.05) is 0 Å². The first-order valence-corrected chi connectivity index (χ1v) is 9.26. The largest absolute Gasteiger partial charge is 0.436 e. The van der Waals surface area contributed by atoms with Gasteiger partial charge in [0.15, 0.2) is 11.2 Å². The maximum Gasteiger partial charge on any atom is 0.227 e. The summed E-state index contributed by atoms with van der Waals surface area (Å²) in [6.07, 6.45) is 1.71. The van der Waals surface area contributed by atoms with E-state index in [1.807, 2.05) is 54.6 Å². The summed E-state index contributed by atoms with van der Waals surface area (Å²) in [5, 5.41) is 5.76. The molecule has 6 rings (SSSR count). The van der Waals surface area contributed by atoms with Gasteiger partial charge < -0.3 is 8.94 Å². The van der Waals surface area contributed by atoms with E-state index in [0.717, 1.165) is 48.4 Å². The van der Waals surface area contributed by atoms with Gasteiger partial charge in [0.25, 0.3) is 0 Å². The summed E-state index contributed by atoms with van der Waals surface area (Å²) in [7, 11) is 0. The molecule has 0 amide bonds. The third kappa shape index (κ3) is 2.34. The average molecular weight is 369 g/mol. The van der Waals surface area contributed by atoms with Gasteiger partial charge in [0.2, 0.25) is 5.89 Å². The molecule has 0 bridgehead atoms. The Balaban J connectivity index is 1.46. The zero-order valence-corrected chi connectivity index (χ0v) is 14.7. The molecule has 27 heavy (non-hydrogen) atoms. The number of oxazole rings is 1. The van der Waals surface area contributed by atoms with E-state index in [2.05, 4.69) is 16.2 Å². The lowest BCUT2D eigenvalue weighted by Gasteiger charge is -1.94. The third-order valence-corrected chi connectivity index (χ3v) is 5.62. The fourth-order valence-corrected chi connectivity index (χ4v) is 4.11. The van der Waals surface area contributed by atoms with Gasteiger partial charge in [-0.2, -0.15) is 0 Å². The fourth-order valence-electron chi connectivity index (χ4n) is 3.17. The molecule has 0 aliphatic rings. The van der Waals surface area contributed by atoms with Crippen molar-refractivity contribution in [3.63, 3.8) is 0 Å². The number of rotatable bonds is 2. The highest BCUT2D eigenvalue weighted by molar-refractivity contribution is 7.21. The topological polar surface area (TPSA) is 65.0 Å². The minimum absolute atomic E-state index is 0.607. The van der Waals surface area contributed by atoms with E-state index in [4.69, 9.17) is 13.9 Å². The van der Waals surface area contributed by atoms with Crippen LogP contribution in [-0.2, 0) is 0 Å². The normalized spacial score (nSPS) is 11.7. The minimum Gasteiger partial charge on any atom is -0.436 e. The van der Waals surface area contributed by atoms with Crippen LogP contribution in [0.2, 0.25) is 0 Å². The summed E-state index contributed by atoms with van der Waals surface area (Å²) in [6, 6.07) is 19.9. The molecule has 128 valence electrons. The molecular formula is C21H11N3O2S. The highest BCUT2D eigenvalue weighted by Crippen LogP contribution is 2.34. The van der Waals surface area contributed by atoms with Crippen LogP contribution in [0, 0.1) is 0 Å². The first-order chi connectivity index (χ1) is 13.3. The van der Waals surface area contributed by atoms with E-state index in [1.54, 1.807) is 17.5 Å². The fraction of sp³-hybridized carbons (Fsp3) is 0. The van der Waals surface area contributed by atoms with Gasteiger partial charge in [0.1, 0.15) is 10.5 Å². The molecule has 3 aromatic carbocycles. The molecule has 6 aromatic rings. The Morgan fingerprint density at radius 2 is 1.70 bits per heavy atom. The Morgan fingerprint density at radius 3 is 2.67 bits per heavy atom. The van der Waals surface area contributed by atoms with Gasteiger partial charge in [-0.05, 0) is 42.5 Å². The van der Waals surface area contributed by atoms with Crippen LogP contribution >= 0.6 is 11.3 Å². The standard InChI is InChI=1S/C21H11N3O2S/c1-2-4-17-15(3-1)23-20(25-17)12-7-8-19-16(9-12)24-21(27-19)13-5-6-14-11-22-26-18(14)10-13/h1-11H. The highest BCUT2D eigenvalue weighted by atomic mass is 32.1. The minimum atomic E-state index is 0.607. The number of thiazole rings is 1. The maximum atomic E-state index is 5.88. The molecule has 0 radical (unpaired) electrons. The van der Waals surface area contributed by atoms with Gasteiger partial charge in [0.05, 0.1) is 16.4 Å². The lowest BCUT2D eigenvalue weighted by atomic mass is 10.2. The highest BCUT2D eigenvalue weighted by Gasteiger charge is 2.12. The van der Waals surface area contributed by atoms with E-state index in [1.165, 1.54) is 0 Å². The molecule has 0 N–H and O–H groups in total. The van der Waals surface area contributed by atoms with Crippen LogP contribution in [0.4, 0.5) is 0 Å². The van der Waals surface area contributed by atoms with Crippen molar-refractivity contribution >= 4 is 43.6 Å². The Kier molecular flexibility index (Phi) is 2.98. The summed E-state index contributed by atoms with van der Waals surface area (Å²) < 4.78 is 12.3. The van der Waals surface area contributed by atoms with Crippen molar-refractivity contribution in [1.82, 2.24) is 15.1 Å². The summed E-state index contributed by atoms with van der Waals surface area (Å²) in [4.78, 5) is 9.37. The van der Waals surface area contributed by atoms with Gasteiger partial charge in [-0.15, -0.1) is 11.3 Å². The Hall–Kier alpha value is -3.51. The first-order valence-electron chi connectivity index (χ1n) is 8.45. The Labute approximate surface area is 156 Å². The van der Waals surface area contributed by atoms with E-state index in [9.17, 15) is 0 Å². The van der Waals surface area contributed by atoms with Gasteiger partial charge >= 0.3 is 0 Å². The molecule has 0 spiro atoms. The van der Waals surface area contributed by atoms with E-state index in [0.29, 0.717) is 5.89 Å². The number of para-hydroxylation sites is 2. The Bertz CT molecular complexity index is 1410. The van der Waals surface area contributed by atoms with Gasteiger partial charge in [-0.1, -0.05) is 23.4 Å². The van der Waals surface area contributed by atoms with Crippen LogP contribution in [-0.4, -0.2) is 15.1 Å². The van der Waals surface area contributed by atoms with Crippen molar-refractivity contribution in [2.45, 2.75) is 0 Å². The number of benzene rings is 3. The second-order valence-electron chi connectivity index (χ2n) is 6.27. The van der Waals surface area contributed by atoms with Crippen LogP contribution in [0.3, 0.4) is 0 Å². The lowest BCUT2D eigenvalue weighted by Crippen LogP contribution is -1.78. The summed E-state index contributed by atoms with van der Waals surface area (Å²) >= 11 is 1.65. The molecule has 0 aliphatic heterocycles. The molecule has 0 saturated carbocycles. The van der Waals surface area contributed by atoms with Crippen molar-refractivity contribution in [3.8, 4) is 22.0 Å². The quantitative estimate of drug-likeness (QED) is 0.379. The van der Waals surface area contributed by atoms with Crippen LogP contribution in [0.1, 0.15) is 0 Å². The average Bonchev–Trinajstić information content (AvgIpc) is 3.42. The third-order valence-electron chi connectivity index (χ3n) is 4.53. The predicted octanol–water partition coefficient (Wildman–Crippen LogP) is 5.91. The lowest BCUT2D eigenvalue weighted by molar-refractivity contribution is 0.456. The summed E-state index contributed by atoms with van der Waals surface area (Å²) in [5.41, 5.74) is 5.26. The molecule has 0 saturated heterocycles. The van der Waals surface area contributed by atoms with E-state index in [-0.39, 0.29) is 0 Å². The van der Waals surface area contributed by atoms with E-state index >= 15 is 0 Å². The SMILES string of the molecule is c1ccc2oc(-c3ccc4sc(-c5ccc6cnoc6c5)nc4c3)nc2c1. The molecule has 0 aliphatic carbocycles. The molecule has 0 atom stereocenters. The zero-order chi connectivity index (χ0) is 17.8. The van der Waals surface area contributed by atoms with Crippen molar-refractivity contribution in [2.24, 2.45) is 0 Å². The second kappa shape index (κ2) is 5.49.